The van der Waals surface area contributed by atoms with Crippen LogP contribution in [0.1, 0.15) is 26.0 Å². The third kappa shape index (κ3) is 4.19. The zero-order valence-corrected chi connectivity index (χ0v) is 16.8. The van der Waals surface area contributed by atoms with E-state index in [0.717, 1.165) is 35.5 Å². The molecule has 2 aromatic rings. The number of carbonyl (C=O) groups excluding carboxylic acids is 1. The molecule has 0 aliphatic carbocycles. The summed E-state index contributed by atoms with van der Waals surface area (Å²) in [5.41, 5.74) is 3.81. The molecular formula is C21H26N6O. The molecule has 0 saturated heterocycles. The van der Waals surface area contributed by atoms with Gasteiger partial charge in [-0.1, -0.05) is 11.6 Å². The molecule has 0 saturated carbocycles. The fourth-order valence-electron chi connectivity index (χ4n) is 3.17. The molecule has 28 heavy (non-hydrogen) atoms. The summed E-state index contributed by atoms with van der Waals surface area (Å²) >= 11 is 0. The number of carbonyl (C=O) groups is 1. The second-order valence-corrected chi connectivity index (χ2v) is 6.91. The van der Waals surface area contributed by atoms with Gasteiger partial charge in [0.1, 0.15) is 5.82 Å². The Bertz CT molecular complexity index is 902. The number of urea groups is 1. The maximum Gasteiger partial charge on any atom is 0.328 e. The van der Waals surface area contributed by atoms with Gasteiger partial charge in [0.05, 0.1) is 11.4 Å². The normalized spacial score (nSPS) is 13.9. The van der Waals surface area contributed by atoms with Crippen LogP contribution in [0, 0.1) is 0 Å². The van der Waals surface area contributed by atoms with E-state index in [2.05, 4.69) is 20.2 Å². The first-order valence-corrected chi connectivity index (χ1v) is 9.33. The first-order valence-electron chi connectivity index (χ1n) is 9.33. The summed E-state index contributed by atoms with van der Waals surface area (Å²) in [7, 11) is 3.77. The summed E-state index contributed by atoms with van der Waals surface area (Å²) in [6.45, 7) is 5.50. The van der Waals surface area contributed by atoms with Gasteiger partial charge in [0.25, 0.3) is 0 Å². The van der Waals surface area contributed by atoms with Crippen LogP contribution in [-0.2, 0) is 0 Å². The fourth-order valence-corrected chi connectivity index (χ4v) is 3.17. The highest BCUT2D eigenvalue weighted by Crippen LogP contribution is 2.32. The van der Waals surface area contributed by atoms with Crippen LogP contribution in [0.4, 0.5) is 22.1 Å². The highest BCUT2D eigenvalue weighted by atomic mass is 16.2. The van der Waals surface area contributed by atoms with E-state index in [1.807, 2.05) is 51.4 Å². The molecule has 7 heteroatoms. The predicted octanol–water partition coefficient (Wildman–Crippen LogP) is 3.85. The van der Waals surface area contributed by atoms with Crippen molar-refractivity contribution in [2.75, 3.05) is 42.3 Å². The van der Waals surface area contributed by atoms with Gasteiger partial charge in [-0.25, -0.2) is 14.8 Å². The summed E-state index contributed by atoms with van der Waals surface area (Å²) in [5, 5.41) is 2.87. The van der Waals surface area contributed by atoms with Crippen LogP contribution >= 0.6 is 0 Å². The van der Waals surface area contributed by atoms with E-state index in [4.69, 9.17) is 4.98 Å². The number of pyridine rings is 2. The third-order valence-corrected chi connectivity index (χ3v) is 4.61. The number of anilines is 3. The van der Waals surface area contributed by atoms with Crippen molar-refractivity contribution in [3.05, 3.63) is 47.8 Å². The molecule has 0 unspecified atom stereocenters. The third-order valence-electron chi connectivity index (χ3n) is 4.61. The molecule has 146 valence electrons. The van der Waals surface area contributed by atoms with Gasteiger partial charge in [-0.05, 0) is 44.5 Å². The number of nitrogens with zero attached hydrogens (tertiary/aromatic N) is 5. The monoisotopic (exact) mass is 378 g/mol. The van der Waals surface area contributed by atoms with Crippen molar-refractivity contribution in [3.8, 4) is 0 Å². The Hall–Kier alpha value is -3.22. The van der Waals surface area contributed by atoms with Crippen LogP contribution in [0.15, 0.2) is 47.1 Å². The van der Waals surface area contributed by atoms with Crippen LogP contribution in [0.2, 0.25) is 0 Å². The molecule has 7 nitrogen and oxygen atoms in total. The maximum absolute atomic E-state index is 13.0. The highest BCUT2D eigenvalue weighted by Gasteiger charge is 2.26. The number of hydrogen-bond acceptors (Lipinski definition) is 5. The van der Waals surface area contributed by atoms with E-state index in [0.29, 0.717) is 18.2 Å². The number of allylic oxidation sites excluding steroid dienone is 2. The average Bonchev–Trinajstić information content (AvgIpc) is 2.85. The summed E-state index contributed by atoms with van der Waals surface area (Å²) in [6, 6.07) is 9.20. The van der Waals surface area contributed by atoms with Gasteiger partial charge < -0.3 is 4.90 Å². The maximum atomic E-state index is 13.0. The lowest BCUT2D eigenvalue weighted by atomic mass is 10.1. The highest BCUT2D eigenvalue weighted by molar-refractivity contribution is 6.10. The van der Waals surface area contributed by atoms with E-state index in [9.17, 15) is 4.79 Å². The molecule has 1 N–H and O–H groups in total. The second-order valence-electron chi connectivity index (χ2n) is 6.91. The van der Waals surface area contributed by atoms with Gasteiger partial charge in [0, 0.05) is 45.2 Å². The standard InChI is InChI=1S/C21H26N6O/c1-15(2)16(14-22-3)17-9-10-18-20(24-17)27(13-7-12-26(18)4)21(28)25-19-8-5-6-11-23-19/h5-6,8-11,14H,7,12-13H2,1-4H3,(H,23,25,28). The number of rotatable bonds is 3. The molecule has 1 aliphatic rings. The van der Waals surface area contributed by atoms with Gasteiger partial charge in [-0.2, -0.15) is 0 Å². The fraction of sp³-hybridized carbons (Fsp3) is 0.333. The van der Waals surface area contributed by atoms with E-state index in [1.165, 1.54) is 0 Å². The smallest absolute Gasteiger partial charge is 0.328 e. The lowest BCUT2D eigenvalue weighted by molar-refractivity contribution is 0.256. The van der Waals surface area contributed by atoms with Crippen molar-refractivity contribution in [1.29, 1.82) is 0 Å². The van der Waals surface area contributed by atoms with Crippen molar-refractivity contribution >= 4 is 35.1 Å². The second kappa shape index (κ2) is 8.65. The first-order chi connectivity index (χ1) is 13.5. The Morgan fingerprint density at radius 3 is 2.71 bits per heavy atom. The van der Waals surface area contributed by atoms with Gasteiger partial charge in [-0.15, -0.1) is 0 Å². The average molecular weight is 378 g/mol. The van der Waals surface area contributed by atoms with Gasteiger partial charge in [0.15, 0.2) is 5.82 Å². The first kappa shape index (κ1) is 19.5. The van der Waals surface area contributed by atoms with Crippen molar-refractivity contribution in [2.45, 2.75) is 20.3 Å². The predicted molar refractivity (Wildman–Crippen MR) is 115 cm³/mol. The van der Waals surface area contributed by atoms with E-state index >= 15 is 0 Å². The van der Waals surface area contributed by atoms with E-state index in [1.54, 1.807) is 24.2 Å². The number of aliphatic imine (C=N–C) groups is 1. The van der Waals surface area contributed by atoms with Crippen LogP contribution in [0.25, 0.3) is 5.57 Å². The van der Waals surface area contributed by atoms with Crippen molar-refractivity contribution in [3.63, 3.8) is 0 Å². The minimum atomic E-state index is -0.234. The number of fused-ring (bicyclic) bond motifs is 1. The van der Waals surface area contributed by atoms with Gasteiger partial charge in [-0.3, -0.25) is 15.2 Å². The quantitative estimate of drug-likeness (QED) is 0.824. The summed E-state index contributed by atoms with van der Waals surface area (Å²) in [4.78, 5) is 30.0. The Labute approximate surface area is 165 Å². The zero-order valence-electron chi connectivity index (χ0n) is 16.8. The molecule has 0 bridgehead atoms. The molecule has 0 fully saturated rings. The van der Waals surface area contributed by atoms with E-state index < -0.39 is 0 Å². The van der Waals surface area contributed by atoms with Gasteiger partial charge >= 0.3 is 6.03 Å². The number of hydrogen-bond donors (Lipinski definition) is 1. The molecule has 0 aromatic carbocycles. The van der Waals surface area contributed by atoms with Crippen LogP contribution in [0.3, 0.4) is 0 Å². The summed E-state index contributed by atoms with van der Waals surface area (Å²) in [6.07, 6.45) is 4.31. The largest absolute Gasteiger partial charge is 0.372 e. The Morgan fingerprint density at radius 2 is 2.04 bits per heavy atom. The Kier molecular flexibility index (Phi) is 6.03. The molecule has 0 radical (unpaired) electrons. The SMILES string of the molecule is CN=CC(=C(C)C)c1ccc2c(n1)N(C(=O)Nc1ccccn1)CCCN2C. The summed E-state index contributed by atoms with van der Waals surface area (Å²) in [5.74, 6) is 1.17. The van der Waals surface area contributed by atoms with Crippen molar-refractivity contribution < 1.29 is 4.79 Å². The molecule has 0 atom stereocenters. The lowest BCUT2D eigenvalue weighted by Gasteiger charge is -2.24. The van der Waals surface area contributed by atoms with Crippen LogP contribution in [-0.4, -0.2) is 49.4 Å². The van der Waals surface area contributed by atoms with Crippen molar-refractivity contribution in [1.82, 2.24) is 9.97 Å². The molecule has 2 aromatic heterocycles. The molecule has 0 spiro atoms. The lowest BCUT2D eigenvalue weighted by Crippen LogP contribution is -2.36. The van der Waals surface area contributed by atoms with Crippen LogP contribution in [0.5, 0.6) is 0 Å². The number of amides is 2. The Balaban J connectivity index is 2.02. The topological polar surface area (TPSA) is 73.7 Å². The molecule has 1 aliphatic heterocycles. The van der Waals surface area contributed by atoms with Gasteiger partial charge in [0.2, 0.25) is 0 Å². The van der Waals surface area contributed by atoms with E-state index in [-0.39, 0.29) is 6.03 Å². The Morgan fingerprint density at radius 1 is 1.21 bits per heavy atom. The molecule has 3 rings (SSSR count). The van der Waals surface area contributed by atoms with Crippen molar-refractivity contribution in [2.24, 2.45) is 4.99 Å². The number of aromatic nitrogens is 2. The minimum absolute atomic E-state index is 0.234. The number of nitrogens with one attached hydrogen (secondary N) is 1. The summed E-state index contributed by atoms with van der Waals surface area (Å²) < 4.78 is 0. The minimum Gasteiger partial charge on any atom is -0.372 e. The molecule has 3 heterocycles. The molecular weight excluding hydrogens is 352 g/mol. The zero-order chi connectivity index (χ0) is 20.1. The van der Waals surface area contributed by atoms with Crippen LogP contribution < -0.4 is 15.1 Å². The molecule has 2 amide bonds.